The highest BCUT2D eigenvalue weighted by Crippen LogP contribution is 2.61. The van der Waals surface area contributed by atoms with E-state index in [1.165, 1.54) is 19.3 Å². The molecule has 4 rings (SSSR count). The second kappa shape index (κ2) is 5.82. The van der Waals surface area contributed by atoms with Crippen molar-refractivity contribution < 1.29 is 0 Å². The van der Waals surface area contributed by atoms with Crippen LogP contribution in [0.2, 0.25) is 0 Å². The SMILES string of the molecule is CC1CCC2C(C1)C(C)CC1C3C(C)CCCC3CC(C)C21. The van der Waals surface area contributed by atoms with E-state index in [1.807, 2.05) is 0 Å². The molecule has 0 saturated heterocycles. The molecule has 0 aromatic rings. The van der Waals surface area contributed by atoms with Crippen molar-refractivity contribution in [3.05, 3.63) is 0 Å². The third kappa shape index (κ3) is 2.39. The average Bonchev–Trinajstić information content (AvgIpc) is 2.47. The molecule has 126 valence electrons. The van der Waals surface area contributed by atoms with E-state index in [9.17, 15) is 0 Å². The second-order valence-corrected chi connectivity index (χ2v) is 10.2. The van der Waals surface area contributed by atoms with Crippen molar-refractivity contribution in [1.29, 1.82) is 0 Å². The number of fused-ring (bicyclic) bond motifs is 5. The van der Waals surface area contributed by atoms with Gasteiger partial charge in [-0.25, -0.2) is 0 Å². The lowest BCUT2D eigenvalue weighted by Gasteiger charge is -2.60. The maximum Gasteiger partial charge on any atom is -0.0326 e. The van der Waals surface area contributed by atoms with Gasteiger partial charge in [0, 0.05) is 0 Å². The van der Waals surface area contributed by atoms with Crippen LogP contribution in [0.15, 0.2) is 0 Å². The molecule has 0 spiro atoms. The molecular weight excluding hydrogens is 264 g/mol. The van der Waals surface area contributed by atoms with Crippen LogP contribution >= 0.6 is 0 Å². The zero-order chi connectivity index (χ0) is 15.4. The Bertz CT molecular complexity index is 399. The number of rotatable bonds is 0. The van der Waals surface area contributed by atoms with Crippen LogP contribution in [-0.2, 0) is 0 Å². The molecule has 4 aliphatic carbocycles. The van der Waals surface area contributed by atoms with Crippen LogP contribution in [0, 0.1) is 59.2 Å². The Morgan fingerprint density at radius 3 is 2.18 bits per heavy atom. The molecular formula is C22H38. The summed E-state index contributed by atoms with van der Waals surface area (Å²) in [5.41, 5.74) is 0. The van der Waals surface area contributed by atoms with Gasteiger partial charge in [-0.3, -0.25) is 0 Å². The summed E-state index contributed by atoms with van der Waals surface area (Å²) in [7, 11) is 0. The Morgan fingerprint density at radius 2 is 1.36 bits per heavy atom. The fraction of sp³-hybridized carbons (Fsp3) is 1.00. The predicted octanol–water partition coefficient (Wildman–Crippen LogP) is 6.40. The fourth-order valence-corrected chi connectivity index (χ4v) is 8.15. The predicted molar refractivity (Wildman–Crippen MR) is 94.5 cm³/mol. The maximum absolute atomic E-state index is 2.64. The molecule has 0 heterocycles. The number of hydrogen-bond acceptors (Lipinski definition) is 0. The van der Waals surface area contributed by atoms with Crippen molar-refractivity contribution >= 4 is 0 Å². The van der Waals surface area contributed by atoms with E-state index >= 15 is 0 Å². The minimum Gasteiger partial charge on any atom is -0.0625 e. The Hall–Kier alpha value is 0. The molecule has 10 atom stereocenters. The summed E-state index contributed by atoms with van der Waals surface area (Å²) in [6.07, 6.45) is 12.4. The van der Waals surface area contributed by atoms with E-state index < -0.39 is 0 Å². The molecule has 0 N–H and O–H groups in total. The van der Waals surface area contributed by atoms with Gasteiger partial charge in [0.2, 0.25) is 0 Å². The first kappa shape index (κ1) is 15.5. The molecule has 0 radical (unpaired) electrons. The number of hydrogen-bond donors (Lipinski definition) is 0. The fourth-order valence-electron chi connectivity index (χ4n) is 8.15. The largest absolute Gasteiger partial charge is 0.0625 e. The Balaban J connectivity index is 1.63. The van der Waals surface area contributed by atoms with Crippen LogP contribution < -0.4 is 0 Å². The van der Waals surface area contributed by atoms with Crippen LogP contribution in [0.4, 0.5) is 0 Å². The van der Waals surface area contributed by atoms with Gasteiger partial charge in [0.1, 0.15) is 0 Å². The summed E-state index contributed by atoms with van der Waals surface area (Å²) in [6.45, 7) is 10.4. The summed E-state index contributed by atoms with van der Waals surface area (Å²) in [5.74, 6) is 10.6. The Morgan fingerprint density at radius 1 is 0.545 bits per heavy atom. The zero-order valence-corrected chi connectivity index (χ0v) is 15.4. The molecule has 0 aromatic heterocycles. The quantitative estimate of drug-likeness (QED) is 0.485. The lowest BCUT2D eigenvalue weighted by molar-refractivity contribution is -0.111. The topological polar surface area (TPSA) is 0 Å². The third-order valence-corrected chi connectivity index (χ3v) is 8.84. The van der Waals surface area contributed by atoms with Gasteiger partial charge >= 0.3 is 0 Å². The highest BCUT2D eigenvalue weighted by atomic mass is 14.6. The highest BCUT2D eigenvalue weighted by molar-refractivity contribution is 5.02. The Labute approximate surface area is 138 Å². The second-order valence-electron chi connectivity index (χ2n) is 10.2. The van der Waals surface area contributed by atoms with Crippen molar-refractivity contribution in [3.63, 3.8) is 0 Å². The first-order chi connectivity index (χ1) is 10.6. The molecule has 0 nitrogen and oxygen atoms in total. The normalized spacial score (nSPS) is 58.4. The van der Waals surface area contributed by atoms with E-state index in [-0.39, 0.29) is 0 Å². The van der Waals surface area contributed by atoms with E-state index in [0.717, 1.165) is 59.2 Å². The lowest BCUT2D eigenvalue weighted by atomic mass is 9.45. The van der Waals surface area contributed by atoms with E-state index in [1.54, 1.807) is 32.1 Å². The van der Waals surface area contributed by atoms with Crippen LogP contribution in [0.25, 0.3) is 0 Å². The summed E-state index contributed by atoms with van der Waals surface area (Å²) in [5, 5.41) is 0. The van der Waals surface area contributed by atoms with Crippen molar-refractivity contribution in [2.75, 3.05) is 0 Å². The van der Waals surface area contributed by atoms with Crippen molar-refractivity contribution in [1.82, 2.24) is 0 Å². The molecule has 0 heteroatoms. The van der Waals surface area contributed by atoms with E-state index in [4.69, 9.17) is 0 Å². The molecule has 4 fully saturated rings. The van der Waals surface area contributed by atoms with E-state index in [0.29, 0.717) is 0 Å². The van der Waals surface area contributed by atoms with Crippen LogP contribution in [-0.4, -0.2) is 0 Å². The highest BCUT2D eigenvalue weighted by Gasteiger charge is 2.54. The average molecular weight is 303 g/mol. The van der Waals surface area contributed by atoms with Gasteiger partial charge in [0.05, 0.1) is 0 Å². The van der Waals surface area contributed by atoms with Gasteiger partial charge in [-0.05, 0) is 84.9 Å². The van der Waals surface area contributed by atoms with Crippen LogP contribution in [0.1, 0.15) is 79.1 Å². The van der Waals surface area contributed by atoms with Gasteiger partial charge in [-0.1, -0.05) is 53.4 Å². The van der Waals surface area contributed by atoms with Crippen molar-refractivity contribution in [3.8, 4) is 0 Å². The third-order valence-electron chi connectivity index (χ3n) is 8.84. The first-order valence-corrected chi connectivity index (χ1v) is 10.6. The van der Waals surface area contributed by atoms with Gasteiger partial charge in [-0.15, -0.1) is 0 Å². The molecule has 0 aromatic carbocycles. The Kier molecular flexibility index (Phi) is 4.10. The van der Waals surface area contributed by atoms with Crippen molar-refractivity contribution in [2.24, 2.45) is 59.2 Å². The summed E-state index contributed by atoms with van der Waals surface area (Å²) < 4.78 is 0. The summed E-state index contributed by atoms with van der Waals surface area (Å²) in [4.78, 5) is 0. The monoisotopic (exact) mass is 302 g/mol. The molecule has 0 aliphatic heterocycles. The van der Waals surface area contributed by atoms with Crippen LogP contribution in [0.3, 0.4) is 0 Å². The summed E-state index contributed by atoms with van der Waals surface area (Å²) >= 11 is 0. The maximum atomic E-state index is 2.64. The molecule has 0 amide bonds. The minimum atomic E-state index is 1.00. The molecule has 4 aliphatic rings. The molecule has 4 saturated carbocycles. The zero-order valence-electron chi connectivity index (χ0n) is 15.4. The van der Waals surface area contributed by atoms with Gasteiger partial charge in [0.25, 0.3) is 0 Å². The summed E-state index contributed by atoms with van der Waals surface area (Å²) in [6, 6.07) is 0. The van der Waals surface area contributed by atoms with Gasteiger partial charge in [0.15, 0.2) is 0 Å². The molecule has 22 heavy (non-hydrogen) atoms. The van der Waals surface area contributed by atoms with Gasteiger partial charge in [-0.2, -0.15) is 0 Å². The molecule has 0 bridgehead atoms. The van der Waals surface area contributed by atoms with Gasteiger partial charge < -0.3 is 0 Å². The lowest BCUT2D eigenvalue weighted by Crippen LogP contribution is -2.53. The van der Waals surface area contributed by atoms with Crippen molar-refractivity contribution in [2.45, 2.75) is 79.1 Å². The standard InChI is InChI=1S/C22H38/c1-13-8-9-18-19(10-13)15(3)12-20-21-14(2)6-5-7-17(21)11-16(4)22(18)20/h13-22H,5-12H2,1-4H3. The first-order valence-electron chi connectivity index (χ1n) is 10.6. The van der Waals surface area contributed by atoms with E-state index in [2.05, 4.69) is 27.7 Å². The molecule has 10 unspecified atom stereocenters. The minimum absolute atomic E-state index is 1.00. The van der Waals surface area contributed by atoms with Crippen LogP contribution in [0.5, 0.6) is 0 Å². The smallest absolute Gasteiger partial charge is 0.0326 e.